The van der Waals surface area contributed by atoms with Crippen LogP contribution in [-0.4, -0.2) is 37.0 Å². The molecule has 0 saturated heterocycles. The Labute approximate surface area is 157 Å². The van der Waals surface area contributed by atoms with Gasteiger partial charge in [0.1, 0.15) is 5.75 Å². The SMILES string of the molecule is CCN(CC)CC(=O)Nc1c(C)cc(OCCc2ccccc2)cc1C. The normalized spacial score (nSPS) is 10.8. The summed E-state index contributed by atoms with van der Waals surface area (Å²) in [7, 11) is 0. The molecule has 26 heavy (non-hydrogen) atoms. The third-order valence-corrected chi connectivity index (χ3v) is 4.53. The number of hydrogen-bond acceptors (Lipinski definition) is 3. The lowest BCUT2D eigenvalue weighted by Gasteiger charge is -2.19. The number of nitrogens with zero attached hydrogens (tertiary/aromatic N) is 1. The fourth-order valence-corrected chi connectivity index (χ4v) is 2.96. The van der Waals surface area contributed by atoms with Crippen LogP contribution in [0.3, 0.4) is 0 Å². The van der Waals surface area contributed by atoms with Crippen LogP contribution in [0.4, 0.5) is 5.69 Å². The Morgan fingerprint density at radius 3 is 2.23 bits per heavy atom. The molecule has 0 atom stereocenters. The van der Waals surface area contributed by atoms with E-state index in [0.29, 0.717) is 13.2 Å². The summed E-state index contributed by atoms with van der Waals surface area (Å²) in [5.41, 5.74) is 4.19. The van der Waals surface area contributed by atoms with Gasteiger partial charge >= 0.3 is 0 Å². The summed E-state index contributed by atoms with van der Waals surface area (Å²) >= 11 is 0. The smallest absolute Gasteiger partial charge is 0.238 e. The van der Waals surface area contributed by atoms with Crippen LogP contribution in [0.1, 0.15) is 30.5 Å². The summed E-state index contributed by atoms with van der Waals surface area (Å²) in [5.74, 6) is 0.871. The Kier molecular flexibility index (Phi) is 7.67. The number of amides is 1. The maximum atomic E-state index is 12.3. The van der Waals surface area contributed by atoms with Crippen LogP contribution in [0.5, 0.6) is 5.75 Å². The second-order valence-electron chi connectivity index (χ2n) is 6.53. The van der Waals surface area contributed by atoms with Crippen molar-refractivity contribution in [3.05, 3.63) is 59.2 Å². The van der Waals surface area contributed by atoms with Crippen LogP contribution in [0, 0.1) is 13.8 Å². The molecule has 0 saturated carbocycles. The molecule has 2 aromatic rings. The maximum Gasteiger partial charge on any atom is 0.238 e. The molecule has 4 nitrogen and oxygen atoms in total. The molecule has 0 radical (unpaired) electrons. The molecule has 0 aliphatic carbocycles. The third kappa shape index (κ3) is 5.88. The number of carbonyl (C=O) groups is 1. The predicted octanol–water partition coefficient (Wildman–Crippen LogP) is 4.21. The molecule has 1 N–H and O–H groups in total. The van der Waals surface area contributed by atoms with E-state index in [1.54, 1.807) is 0 Å². The lowest BCUT2D eigenvalue weighted by Crippen LogP contribution is -2.33. The van der Waals surface area contributed by atoms with E-state index < -0.39 is 0 Å². The molecule has 0 unspecified atom stereocenters. The van der Waals surface area contributed by atoms with Gasteiger partial charge in [0.05, 0.1) is 13.2 Å². The highest BCUT2D eigenvalue weighted by Gasteiger charge is 2.12. The van der Waals surface area contributed by atoms with Gasteiger partial charge in [-0.3, -0.25) is 9.69 Å². The van der Waals surface area contributed by atoms with Gasteiger partial charge in [-0.05, 0) is 55.8 Å². The molecular formula is C22H30N2O2. The largest absolute Gasteiger partial charge is 0.493 e. The van der Waals surface area contributed by atoms with Crippen LogP contribution in [-0.2, 0) is 11.2 Å². The van der Waals surface area contributed by atoms with E-state index in [4.69, 9.17) is 4.74 Å². The summed E-state index contributed by atoms with van der Waals surface area (Å²) in [6, 6.07) is 14.3. The number of aryl methyl sites for hydroxylation is 2. The molecule has 0 bridgehead atoms. The minimum absolute atomic E-state index is 0.0256. The maximum absolute atomic E-state index is 12.3. The Morgan fingerprint density at radius 1 is 1.04 bits per heavy atom. The van der Waals surface area contributed by atoms with E-state index in [1.165, 1.54) is 5.56 Å². The summed E-state index contributed by atoms with van der Waals surface area (Å²) in [6.07, 6.45) is 0.876. The highest BCUT2D eigenvalue weighted by molar-refractivity contribution is 5.93. The fourth-order valence-electron chi connectivity index (χ4n) is 2.96. The predicted molar refractivity (Wildman–Crippen MR) is 108 cm³/mol. The molecule has 0 aromatic heterocycles. The van der Waals surface area contributed by atoms with Crippen molar-refractivity contribution in [3.8, 4) is 5.75 Å². The van der Waals surface area contributed by atoms with Gasteiger partial charge in [-0.2, -0.15) is 0 Å². The number of benzene rings is 2. The molecular weight excluding hydrogens is 324 g/mol. The van der Waals surface area contributed by atoms with Crippen molar-refractivity contribution in [3.63, 3.8) is 0 Å². The first-order valence-electron chi connectivity index (χ1n) is 9.33. The zero-order valence-electron chi connectivity index (χ0n) is 16.3. The van der Waals surface area contributed by atoms with Gasteiger partial charge in [0.15, 0.2) is 0 Å². The van der Waals surface area contributed by atoms with Gasteiger partial charge in [0.2, 0.25) is 5.91 Å². The van der Waals surface area contributed by atoms with E-state index in [-0.39, 0.29) is 5.91 Å². The molecule has 0 aliphatic heterocycles. The Bertz CT molecular complexity index is 686. The van der Waals surface area contributed by atoms with Gasteiger partial charge in [-0.1, -0.05) is 44.2 Å². The summed E-state index contributed by atoms with van der Waals surface area (Å²) < 4.78 is 5.91. The zero-order valence-corrected chi connectivity index (χ0v) is 16.3. The van der Waals surface area contributed by atoms with Gasteiger partial charge < -0.3 is 10.1 Å². The highest BCUT2D eigenvalue weighted by atomic mass is 16.5. The van der Waals surface area contributed by atoms with Gasteiger partial charge in [0.25, 0.3) is 0 Å². The van der Waals surface area contributed by atoms with Crippen molar-refractivity contribution in [2.24, 2.45) is 0 Å². The molecule has 140 valence electrons. The number of likely N-dealkylation sites (N-methyl/N-ethyl adjacent to an activating group) is 1. The van der Waals surface area contributed by atoms with Crippen molar-refractivity contribution >= 4 is 11.6 Å². The van der Waals surface area contributed by atoms with E-state index >= 15 is 0 Å². The first kappa shape index (κ1) is 20.0. The summed E-state index contributed by atoms with van der Waals surface area (Å²) in [4.78, 5) is 14.4. The molecule has 4 heteroatoms. The molecule has 2 rings (SSSR count). The molecule has 0 spiro atoms. The van der Waals surface area contributed by atoms with Gasteiger partial charge in [0, 0.05) is 12.1 Å². The lowest BCUT2D eigenvalue weighted by atomic mass is 10.1. The minimum atomic E-state index is 0.0256. The van der Waals surface area contributed by atoms with Crippen LogP contribution >= 0.6 is 0 Å². The summed E-state index contributed by atoms with van der Waals surface area (Å²) in [6.45, 7) is 10.9. The first-order chi connectivity index (χ1) is 12.5. The molecule has 0 fully saturated rings. The van der Waals surface area contributed by atoms with Crippen LogP contribution in [0.15, 0.2) is 42.5 Å². The van der Waals surface area contributed by atoms with Crippen LogP contribution in [0.2, 0.25) is 0 Å². The molecule has 1 amide bonds. The van der Waals surface area contributed by atoms with Gasteiger partial charge in [-0.15, -0.1) is 0 Å². The number of ether oxygens (including phenoxy) is 1. The van der Waals surface area contributed by atoms with Crippen molar-refractivity contribution in [1.82, 2.24) is 4.90 Å². The molecule has 2 aromatic carbocycles. The molecule has 0 aliphatic rings. The zero-order chi connectivity index (χ0) is 18.9. The standard InChI is InChI=1S/C22H30N2O2/c1-5-24(6-2)16-21(25)23-22-17(3)14-20(15-18(22)4)26-13-12-19-10-8-7-9-11-19/h7-11,14-15H,5-6,12-13,16H2,1-4H3,(H,23,25). The minimum Gasteiger partial charge on any atom is -0.493 e. The Balaban J connectivity index is 1.95. The van der Waals surface area contributed by atoms with E-state index in [1.807, 2.05) is 44.2 Å². The monoisotopic (exact) mass is 354 g/mol. The van der Waals surface area contributed by atoms with Crippen molar-refractivity contribution < 1.29 is 9.53 Å². The van der Waals surface area contributed by atoms with Crippen molar-refractivity contribution in [1.29, 1.82) is 0 Å². The second-order valence-corrected chi connectivity index (χ2v) is 6.53. The van der Waals surface area contributed by atoms with Gasteiger partial charge in [-0.25, -0.2) is 0 Å². The fraction of sp³-hybridized carbons (Fsp3) is 0.409. The second kappa shape index (κ2) is 9.97. The van der Waals surface area contributed by atoms with Crippen LogP contribution in [0.25, 0.3) is 0 Å². The summed E-state index contributed by atoms with van der Waals surface area (Å²) in [5, 5.41) is 3.05. The first-order valence-corrected chi connectivity index (χ1v) is 9.33. The number of anilines is 1. The van der Waals surface area contributed by atoms with E-state index in [0.717, 1.165) is 42.1 Å². The average molecular weight is 354 g/mol. The van der Waals surface area contributed by atoms with E-state index in [9.17, 15) is 4.79 Å². The number of hydrogen-bond donors (Lipinski definition) is 1. The van der Waals surface area contributed by atoms with Crippen LogP contribution < -0.4 is 10.1 Å². The topological polar surface area (TPSA) is 41.6 Å². The average Bonchev–Trinajstić information content (AvgIpc) is 2.63. The third-order valence-electron chi connectivity index (χ3n) is 4.53. The number of nitrogens with one attached hydrogen (secondary N) is 1. The highest BCUT2D eigenvalue weighted by Crippen LogP contribution is 2.26. The Morgan fingerprint density at radius 2 is 1.65 bits per heavy atom. The van der Waals surface area contributed by atoms with Crippen molar-refractivity contribution in [2.75, 3.05) is 31.6 Å². The molecule has 0 heterocycles. The number of carbonyl (C=O) groups excluding carboxylic acids is 1. The lowest BCUT2D eigenvalue weighted by molar-refractivity contribution is -0.117. The quantitative estimate of drug-likeness (QED) is 0.733. The Hall–Kier alpha value is -2.33. The number of rotatable bonds is 9. The van der Waals surface area contributed by atoms with E-state index in [2.05, 4.69) is 36.2 Å². The van der Waals surface area contributed by atoms with Crippen molar-refractivity contribution in [2.45, 2.75) is 34.1 Å².